The number of halogens is 2. The van der Waals surface area contributed by atoms with Crippen molar-refractivity contribution in [2.45, 2.75) is 12.5 Å². The lowest BCUT2D eigenvalue weighted by Gasteiger charge is -2.32. The van der Waals surface area contributed by atoms with Gasteiger partial charge in [0.15, 0.2) is 0 Å². The van der Waals surface area contributed by atoms with E-state index in [1.165, 1.54) is 0 Å². The molecule has 1 unspecified atom stereocenters. The van der Waals surface area contributed by atoms with Crippen molar-refractivity contribution < 1.29 is 4.79 Å². The number of hydrogen-bond acceptors (Lipinski definition) is 5. The van der Waals surface area contributed by atoms with Crippen LogP contribution in [0.3, 0.4) is 0 Å². The molecule has 2 fully saturated rings. The number of piperazine rings is 1. The van der Waals surface area contributed by atoms with Gasteiger partial charge in [-0.05, 0) is 30.7 Å². The van der Waals surface area contributed by atoms with E-state index in [4.69, 9.17) is 0 Å². The van der Waals surface area contributed by atoms with E-state index in [1.54, 1.807) is 23.2 Å². The topological polar surface area (TPSA) is 81.3 Å². The minimum atomic E-state index is -0.358. The predicted octanol–water partition coefficient (Wildman–Crippen LogP) is 1.40. The first kappa shape index (κ1) is 22.4. The van der Waals surface area contributed by atoms with Crippen molar-refractivity contribution in [1.82, 2.24) is 25.1 Å². The first-order valence-corrected chi connectivity index (χ1v) is 9.11. The summed E-state index contributed by atoms with van der Waals surface area (Å²) in [6, 6.07) is 9.27. The largest absolute Gasteiger partial charge is 0.337 e. The van der Waals surface area contributed by atoms with Gasteiger partial charge in [-0.25, -0.2) is 0 Å². The monoisotopic (exact) mass is 425 g/mol. The summed E-state index contributed by atoms with van der Waals surface area (Å²) in [7, 11) is 0. The quantitative estimate of drug-likeness (QED) is 0.776. The molecule has 0 aliphatic carbocycles. The van der Waals surface area contributed by atoms with Crippen LogP contribution in [0.2, 0.25) is 0 Å². The lowest BCUT2D eigenvalue weighted by Crippen LogP contribution is -2.49. The van der Waals surface area contributed by atoms with E-state index in [0.29, 0.717) is 30.5 Å². The Bertz CT molecular complexity index is 840. The normalized spacial score (nSPS) is 19.6. The molecule has 0 aromatic carbocycles. The molecule has 9 heteroatoms. The molecule has 2 aromatic heterocycles. The van der Waals surface area contributed by atoms with Crippen molar-refractivity contribution in [3.8, 4) is 11.4 Å². The molecule has 0 spiro atoms. The standard InChI is InChI=1S/C19H23N5O2.2ClH/c25-18-15(4-5-17(22-18)16-3-1-2-7-21-16)19(26)24-10-6-14(13-24)23-11-8-20-9-12-23;;/h1-5,7,14,20H,6,8-13H2,(H,22,25);2*1H. The molecule has 2 aliphatic heterocycles. The van der Waals surface area contributed by atoms with E-state index in [1.807, 2.05) is 18.2 Å². The summed E-state index contributed by atoms with van der Waals surface area (Å²) >= 11 is 0. The van der Waals surface area contributed by atoms with Crippen molar-refractivity contribution in [2.24, 2.45) is 0 Å². The van der Waals surface area contributed by atoms with Gasteiger partial charge in [0.1, 0.15) is 5.56 Å². The molecule has 0 saturated carbocycles. The van der Waals surface area contributed by atoms with Gasteiger partial charge in [-0.2, -0.15) is 0 Å². The van der Waals surface area contributed by atoms with Crippen LogP contribution < -0.4 is 10.9 Å². The molecule has 2 N–H and O–H groups in total. The third-order valence-corrected chi connectivity index (χ3v) is 5.20. The van der Waals surface area contributed by atoms with Crippen LogP contribution in [0.15, 0.2) is 41.3 Å². The molecule has 2 saturated heterocycles. The summed E-state index contributed by atoms with van der Waals surface area (Å²) in [5, 5.41) is 3.35. The maximum Gasteiger partial charge on any atom is 0.261 e. The molecular weight excluding hydrogens is 401 g/mol. The molecule has 1 amide bonds. The summed E-state index contributed by atoms with van der Waals surface area (Å²) in [5.74, 6) is -0.184. The molecule has 0 radical (unpaired) electrons. The molecule has 7 nitrogen and oxygen atoms in total. The smallest absolute Gasteiger partial charge is 0.261 e. The predicted molar refractivity (Wildman–Crippen MR) is 114 cm³/mol. The fourth-order valence-corrected chi connectivity index (χ4v) is 3.76. The molecule has 0 bridgehead atoms. The van der Waals surface area contributed by atoms with Gasteiger partial charge < -0.3 is 15.2 Å². The maximum atomic E-state index is 12.8. The number of amides is 1. The van der Waals surface area contributed by atoms with Crippen molar-refractivity contribution in [1.29, 1.82) is 0 Å². The van der Waals surface area contributed by atoms with Crippen molar-refractivity contribution in [2.75, 3.05) is 39.3 Å². The number of rotatable bonds is 3. The highest BCUT2D eigenvalue weighted by Crippen LogP contribution is 2.18. The van der Waals surface area contributed by atoms with Crippen LogP contribution in [-0.4, -0.2) is 71.0 Å². The highest BCUT2D eigenvalue weighted by molar-refractivity contribution is 5.94. The second kappa shape index (κ2) is 10.0. The van der Waals surface area contributed by atoms with Crippen LogP contribution in [0.5, 0.6) is 0 Å². The average molecular weight is 426 g/mol. The Kier molecular flexibility index (Phi) is 8.00. The highest BCUT2D eigenvalue weighted by Gasteiger charge is 2.32. The lowest BCUT2D eigenvalue weighted by molar-refractivity contribution is 0.0771. The first-order chi connectivity index (χ1) is 12.7. The van der Waals surface area contributed by atoms with E-state index in [0.717, 1.165) is 32.6 Å². The van der Waals surface area contributed by atoms with Crippen LogP contribution in [0.4, 0.5) is 0 Å². The van der Waals surface area contributed by atoms with Crippen molar-refractivity contribution in [3.63, 3.8) is 0 Å². The SMILES string of the molecule is Cl.Cl.O=C(c1ccc(-c2ccccn2)[nH]c1=O)N1CCC(N2CCNCC2)C1. The molecule has 1 atom stereocenters. The fourth-order valence-electron chi connectivity index (χ4n) is 3.76. The number of likely N-dealkylation sites (tertiary alicyclic amines) is 1. The number of nitrogens with zero attached hydrogens (tertiary/aromatic N) is 3. The van der Waals surface area contributed by atoms with Crippen LogP contribution in [-0.2, 0) is 0 Å². The van der Waals surface area contributed by atoms with Gasteiger partial charge in [0.25, 0.3) is 11.5 Å². The fraction of sp³-hybridized carbons (Fsp3) is 0.421. The molecule has 4 heterocycles. The van der Waals surface area contributed by atoms with Crippen molar-refractivity contribution in [3.05, 3.63) is 52.4 Å². The number of carbonyl (C=O) groups excluding carboxylic acids is 1. The van der Waals surface area contributed by atoms with E-state index in [-0.39, 0.29) is 41.8 Å². The minimum Gasteiger partial charge on any atom is -0.337 e. The Labute approximate surface area is 176 Å². The van der Waals surface area contributed by atoms with Crippen LogP contribution in [0, 0.1) is 0 Å². The first-order valence-electron chi connectivity index (χ1n) is 9.11. The Morgan fingerprint density at radius 2 is 1.86 bits per heavy atom. The second-order valence-corrected chi connectivity index (χ2v) is 6.81. The zero-order valence-electron chi connectivity index (χ0n) is 15.5. The number of H-pyrrole nitrogens is 1. The number of aromatic amines is 1. The van der Waals surface area contributed by atoms with Gasteiger partial charge in [0.2, 0.25) is 0 Å². The van der Waals surface area contributed by atoms with E-state index < -0.39 is 0 Å². The molecule has 2 aromatic rings. The van der Waals surface area contributed by atoms with E-state index >= 15 is 0 Å². The van der Waals surface area contributed by atoms with Gasteiger partial charge in [0, 0.05) is 51.5 Å². The molecule has 2 aliphatic rings. The Morgan fingerprint density at radius 3 is 2.54 bits per heavy atom. The third kappa shape index (κ3) is 4.72. The summed E-state index contributed by atoms with van der Waals surface area (Å²) in [4.78, 5) is 36.5. The number of nitrogens with one attached hydrogen (secondary N) is 2. The van der Waals surface area contributed by atoms with Gasteiger partial charge in [-0.1, -0.05) is 6.07 Å². The van der Waals surface area contributed by atoms with Crippen molar-refractivity contribution >= 4 is 30.7 Å². The molecule has 152 valence electrons. The van der Waals surface area contributed by atoms with Gasteiger partial charge in [0.05, 0.1) is 11.4 Å². The minimum absolute atomic E-state index is 0. The lowest BCUT2D eigenvalue weighted by atomic mass is 10.2. The summed E-state index contributed by atoms with van der Waals surface area (Å²) < 4.78 is 0. The summed E-state index contributed by atoms with van der Waals surface area (Å²) in [5.41, 5.74) is 1.14. The molecular formula is C19H25Cl2N5O2. The summed E-state index contributed by atoms with van der Waals surface area (Å²) in [6.45, 7) is 5.44. The molecule has 28 heavy (non-hydrogen) atoms. The van der Waals surface area contributed by atoms with Crippen LogP contribution in [0.1, 0.15) is 16.8 Å². The zero-order chi connectivity index (χ0) is 17.9. The Hall–Kier alpha value is -1.93. The van der Waals surface area contributed by atoms with Gasteiger partial charge in [-0.15, -0.1) is 24.8 Å². The zero-order valence-corrected chi connectivity index (χ0v) is 17.1. The highest BCUT2D eigenvalue weighted by atomic mass is 35.5. The maximum absolute atomic E-state index is 12.8. The number of hydrogen-bond donors (Lipinski definition) is 2. The Morgan fingerprint density at radius 1 is 1.07 bits per heavy atom. The average Bonchev–Trinajstić information content (AvgIpc) is 3.19. The van der Waals surface area contributed by atoms with Gasteiger partial charge in [-0.3, -0.25) is 19.5 Å². The number of aromatic nitrogens is 2. The van der Waals surface area contributed by atoms with Gasteiger partial charge >= 0.3 is 0 Å². The third-order valence-electron chi connectivity index (χ3n) is 5.20. The van der Waals surface area contributed by atoms with Crippen LogP contribution >= 0.6 is 24.8 Å². The Balaban J connectivity index is 0.00000140. The van der Waals surface area contributed by atoms with E-state index in [2.05, 4.69) is 20.2 Å². The number of pyridine rings is 2. The number of carbonyl (C=O) groups is 1. The van der Waals surface area contributed by atoms with E-state index in [9.17, 15) is 9.59 Å². The van der Waals surface area contributed by atoms with Crippen LogP contribution in [0.25, 0.3) is 11.4 Å². The second-order valence-electron chi connectivity index (χ2n) is 6.81. The summed E-state index contributed by atoms with van der Waals surface area (Å²) in [6.07, 6.45) is 2.64. The molecule has 4 rings (SSSR count).